The Morgan fingerprint density at radius 2 is 1.83 bits per heavy atom. The molecule has 0 aliphatic heterocycles. The van der Waals surface area contributed by atoms with Crippen LogP contribution in [0, 0.1) is 0 Å². The van der Waals surface area contributed by atoms with Crippen molar-refractivity contribution in [3.8, 4) is 5.69 Å². The maximum Gasteiger partial charge on any atom is 0.250 e. The fourth-order valence-electron chi connectivity index (χ4n) is 2.03. The van der Waals surface area contributed by atoms with Crippen LogP contribution in [-0.2, 0) is 0 Å². The second-order valence-electron chi connectivity index (χ2n) is 3.99. The summed E-state index contributed by atoms with van der Waals surface area (Å²) in [5.74, 6) is -0.459. The lowest BCUT2D eigenvalue weighted by molar-refractivity contribution is 0.100. The molecular formula is C14H11N3O. The molecule has 1 aromatic heterocycles. The summed E-state index contributed by atoms with van der Waals surface area (Å²) in [6, 6.07) is 15.3. The summed E-state index contributed by atoms with van der Waals surface area (Å²) in [4.78, 5) is 15.6. The number of nitrogens with two attached hydrogens (primary N) is 1. The Balaban J connectivity index is 2.28. The number of imidazole rings is 1. The van der Waals surface area contributed by atoms with E-state index in [0.29, 0.717) is 11.1 Å². The normalized spacial score (nSPS) is 10.7. The topological polar surface area (TPSA) is 60.9 Å². The molecule has 2 N–H and O–H groups in total. The van der Waals surface area contributed by atoms with Gasteiger partial charge in [-0.05, 0) is 24.3 Å². The van der Waals surface area contributed by atoms with E-state index >= 15 is 0 Å². The van der Waals surface area contributed by atoms with Gasteiger partial charge in [-0.1, -0.05) is 24.3 Å². The second kappa shape index (κ2) is 4.00. The van der Waals surface area contributed by atoms with Crippen molar-refractivity contribution in [3.63, 3.8) is 0 Å². The largest absolute Gasteiger partial charge is 0.366 e. The minimum atomic E-state index is -0.459. The van der Waals surface area contributed by atoms with E-state index in [9.17, 15) is 4.79 Å². The first-order chi connectivity index (χ1) is 8.77. The van der Waals surface area contributed by atoms with Crippen LogP contribution >= 0.6 is 0 Å². The van der Waals surface area contributed by atoms with Crippen LogP contribution in [-0.4, -0.2) is 15.5 Å². The van der Waals surface area contributed by atoms with Gasteiger partial charge >= 0.3 is 0 Å². The summed E-state index contributed by atoms with van der Waals surface area (Å²) in [6.45, 7) is 0. The molecule has 1 amide bonds. The van der Waals surface area contributed by atoms with E-state index in [1.54, 1.807) is 12.4 Å². The van der Waals surface area contributed by atoms with E-state index < -0.39 is 5.91 Å². The first-order valence-corrected chi connectivity index (χ1v) is 5.58. The summed E-state index contributed by atoms with van der Waals surface area (Å²) < 4.78 is 1.93. The fourth-order valence-corrected chi connectivity index (χ4v) is 2.03. The van der Waals surface area contributed by atoms with Crippen molar-refractivity contribution in [3.05, 3.63) is 60.4 Å². The van der Waals surface area contributed by atoms with Crippen molar-refractivity contribution in [2.24, 2.45) is 5.73 Å². The first kappa shape index (κ1) is 10.5. The number of aromatic nitrogens is 2. The van der Waals surface area contributed by atoms with Crippen LogP contribution in [0.3, 0.4) is 0 Å². The zero-order valence-electron chi connectivity index (χ0n) is 9.58. The number of nitrogens with zero attached hydrogens (tertiary/aromatic N) is 2. The highest BCUT2D eigenvalue weighted by molar-refractivity contribution is 6.04. The number of carbonyl (C=O) groups is 1. The first-order valence-electron chi connectivity index (χ1n) is 5.58. The molecule has 0 fully saturated rings. The molecule has 0 atom stereocenters. The molecule has 88 valence electrons. The number of rotatable bonds is 2. The quantitative estimate of drug-likeness (QED) is 0.742. The van der Waals surface area contributed by atoms with Crippen LogP contribution < -0.4 is 5.73 Å². The lowest BCUT2D eigenvalue weighted by Crippen LogP contribution is -2.11. The smallest absolute Gasteiger partial charge is 0.250 e. The Labute approximate surface area is 104 Å². The molecule has 0 saturated heterocycles. The molecule has 0 aliphatic rings. The Hall–Kier alpha value is -2.62. The van der Waals surface area contributed by atoms with Crippen molar-refractivity contribution >= 4 is 16.9 Å². The van der Waals surface area contributed by atoms with Crippen LogP contribution in [0.2, 0.25) is 0 Å². The third kappa shape index (κ3) is 1.55. The van der Waals surface area contributed by atoms with Crippen LogP contribution in [0.25, 0.3) is 16.7 Å². The van der Waals surface area contributed by atoms with Gasteiger partial charge in [0.2, 0.25) is 0 Å². The SMILES string of the molecule is NC(=O)c1cccc2c1ncn2-c1ccccc1. The van der Waals surface area contributed by atoms with Gasteiger partial charge in [-0.25, -0.2) is 4.98 Å². The lowest BCUT2D eigenvalue weighted by Gasteiger charge is -2.04. The van der Waals surface area contributed by atoms with E-state index in [2.05, 4.69) is 4.98 Å². The molecular weight excluding hydrogens is 226 g/mol. The Morgan fingerprint density at radius 1 is 1.06 bits per heavy atom. The number of primary amides is 1. The monoisotopic (exact) mass is 237 g/mol. The van der Waals surface area contributed by atoms with Crippen LogP contribution in [0.4, 0.5) is 0 Å². The van der Waals surface area contributed by atoms with Gasteiger partial charge in [-0.15, -0.1) is 0 Å². The van der Waals surface area contributed by atoms with E-state index in [1.807, 2.05) is 47.0 Å². The average molecular weight is 237 g/mol. The summed E-state index contributed by atoms with van der Waals surface area (Å²) in [6.07, 6.45) is 1.70. The molecule has 0 saturated carbocycles. The highest BCUT2D eigenvalue weighted by atomic mass is 16.1. The molecule has 18 heavy (non-hydrogen) atoms. The fraction of sp³-hybridized carbons (Fsp3) is 0. The lowest BCUT2D eigenvalue weighted by atomic mass is 10.1. The molecule has 0 radical (unpaired) electrons. The zero-order chi connectivity index (χ0) is 12.5. The van der Waals surface area contributed by atoms with Crippen molar-refractivity contribution in [1.29, 1.82) is 0 Å². The van der Waals surface area contributed by atoms with Gasteiger partial charge in [0.1, 0.15) is 11.8 Å². The highest BCUT2D eigenvalue weighted by Crippen LogP contribution is 2.20. The highest BCUT2D eigenvalue weighted by Gasteiger charge is 2.11. The Bertz CT molecular complexity index is 716. The van der Waals surface area contributed by atoms with E-state index in [1.165, 1.54) is 0 Å². The minimum absolute atomic E-state index is 0.446. The van der Waals surface area contributed by atoms with Gasteiger partial charge in [-0.3, -0.25) is 9.36 Å². The second-order valence-corrected chi connectivity index (χ2v) is 3.99. The minimum Gasteiger partial charge on any atom is -0.366 e. The van der Waals surface area contributed by atoms with Crippen LogP contribution in [0.5, 0.6) is 0 Å². The van der Waals surface area contributed by atoms with Gasteiger partial charge < -0.3 is 5.73 Å². The third-order valence-corrected chi connectivity index (χ3v) is 2.88. The van der Waals surface area contributed by atoms with Gasteiger partial charge in [0.25, 0.3) is 5.91 Å². The molecule has 4 heteroatoms. The maximum absolute atomic E-state index is 11.3. The molecule has 0 unspecified atom stereocenters. The third-order valence-electron chi connectivity index (χ3n) is 2.88. The number of para-hydroxylation sites is 2. The summed E-state index contributed by atoms with van der Waals surface area (Å²) in [5.41, 5.74) is 8.29. The molecule has 0 spiro atoms. The molecule has 0 bridgehead atoms. The molecule has 1 heterocycles. The molecule has 4 nitrogen and oxygen atoms in total. The van der Waals surface area contributed by atoms with E-state index in [-0.39, 0.29) is 0 Å². The maximum atomic E-state index is 11.3. The number of amides is 1. The molecule has 2 aromatic carbocycles. The summed E-state index contributed by atoms with van der Waals surface area (Å²) in [7, 11) is 0. The number of carbonyl (C=O) groups excluding carboxylic acids is 1. The van der Waals surface area contributed by atoms with Gasteiger partial charge in [-0.2, -0.15) is 0 Å². The van der Waals surface area contributed by atoms with Gasteiger partial charge in [0.15, 0.2) is 0 Å². The van der Waals surface area contributed by atoms with E-state index in [0.717, 1.165) is 11.2 Å². The predicted octanol–water partition coefficient (Wildman–Crippen LogP) is 2.12. The van der Waals surface area contributed by atoms with Crippen LogP contribution in [0.15, 0.2) is 54.9 Å². The van der Waals surface area contributed by atoms with Gasteiger partial charge in [0.05, 0.1) is 11.1 Å². The van der Waals surface area contributed by atoms with Crippen molar-refractivity contribution in [2.75, 3.05) is 0 Å². The number of hydrogen-bond donors (Lipinski definition) is 1. The molecule has 3 rings (SSSR count). The Morgan fingerprint density at radius 3 is 2.56 bits per heavy atom. The number of benzene rings is 2. The van der Waals surface area contributed by atoms with E-state index in [4.69, 9.17) is 5.73 Å². The van der Waals surface area contributed by atoms with Crippen LogP contribution in [0.1, 0.15) is 10.4 Å². The molecule has 0 aliphatic carbocycles. The standard InChI is InChI=1S/C14H11N3O/c15-14(18)11-7-4-8-12-13(11)16-9-17(12)10-5-2-1-3-6-10/h1-9H,(H2,15,18). The predicted molar refractivity (Wildman–Crippen MR) is 69.6 cm³/mol. The summed E-state index contributed by atoms with van der Waals surface area (Å²) in [5, 5.41) is 0. The van der Waals surface area contributed by atoms with Crippen molar-refractivity contribution in [1.82, 2.24) is 9.55 Å². The van der Waals surface area contributed by atoms with Gasteiger partial charge in [0, 0.05) is 5.69 Å². The number of fused-ring (bicyclic) bond motifs is 1. The van der Waals surface area contributed by atoms with Crippen molar-refractivity contribution in [2.45, 2.75) is 0 Å². The average Bonchev–Trinajstić information content (AvgIpc) is 2.83. The summed E-state index contributed by atoms with van der Waals surface area (Å²) >= 11 is 0. The van der Waals surface area contributed by atoms with Crippen molar-refractivity contribution < 1.29 is 4.79 Å². The molecule has 3 aromatic rings. The zero-order valence-corrected chi connectivity index (χ0v) is 9.58. The Kier molecular flexibility index (Phi) is 2.34. The number of hydrogen-bond acceptors (Lipinski definition) is 2.